The molecule has 1 atom stereocenters. The standard InChI is InChI=1S/C18H25N3O2S/c1-18(23)7-4-10-21(11-8-18)17(22)20-9-12-24-14-16-6-3-2-5-15(16)13-19/h2-3,5-6,23H,4,7-12,14H2,1H3,(H,20,22). The third-order valence-corrected chi connectivity index (χ3v) is 5.28. The molecule has 1 fully saturated rings. The zero-order valence-electron chi connectivity index (χ0n) is 14.1. The van der Waals surface area contributed by atoms with Crippen LogP contribution in [0.1, 0.15) is 37.3 Å². The van der Waals surface area contributed by atoms with Crippen molar-refractivity contribution < 1.29 is 9.90 Å². The molecule has 0 bridgehead atoms. The molecular weight excluding hydrogens is 322 g/mol. The Morgan fingerprint density at radius 1 is 1.42 bits per heavy atom. The molecule has 1 aromatic rings. The zero-order valence-corrected chi connectivity index (χ0v) is 14.9. The summed E-state index contributed by atoms with van der Waals surface area (Å²) in [5.41, 5.74) is 1.09. The van der Waals surface area contributed by atoms with Crippen molar-refractivity contribution in [2.75, 3.05) is 25.4 Å². The average molecular weight is 347 g/mol. The predicted octanol–water partition coefficient (Wildman–Crippen LogP) is 2.74. The van der Waals surface area contributed by atoms with E-state index in [1.54, 1.807) is 16.7 Å². The maximum absolute atomic E-state index is 12.2. The number of carbonyl (C=O) groups is 1. The van der Waals surface area contributed by atoms with Gasteiger partial charge in [0.05, 0.1) is 17.2 Å². The molecule has 6 heteroatoms. The average Bonchev–Trinajstić information content (AvgIpc) is 2.75. The number of thioether (sulfide) groups is 1. The van der Waals surface area contributed by atoms with E-state index in [9.17, 15) is 9.90 Å². The fourth-order valence-electron chi connectivity index (χ4n) is 2.75. The lowest BCUT2D eigenvalue weighted by Gasteiger charge is -2.22. The molecule has 1 heterocycles. The summed E-state index contributed by atoms with van der Waals surface area (Å²) in [6, 6.07) is 9.74. The SMILES string of the molecule is CC1(O)CCCN(C(=O)NCCSCc2ccccc2C#N)CC1. The van der Waals surface area contributed by atoms with Crippen LogP contribution in [-0.4, -0.2) is 47.0 Å². The highest BCUT2D eigenvalue weighted by Gasteiger charge is 2.26. The smallest absolute Gasteiger partial charge is 0.317 e. The lowest BCUT2D eigenvalue weighted by molar-refractivity contribution is 0.0457. The molecule has 0 aliphatic carbocycles. The number of amides is 2. The first kappa shape index (κ1) is 18.6. The minimum absolute atomic E-state index is 0.0503. The number of hydrogen-bond acceptors (Lipinski definition) is 4. The van der Waals surface area contributed by atoms with Crippen LogP contribution in [0.5, 0.6) is 0 Å². The third-order valence-electron chi connectivity index (χ3n) is 4.27. The second-order valence-corrected chi connectivity index (χ2v) is 7.50. The van der Waals surface area contributed by atoms with Crippen molar-refractivity contribution in [3.63, 3.8) is 0 Å². The molecular formula is C18H25N3O2S. The second-order valence-electron chi connectivity index (χ2n) is 6.39. The highest BCUT2D eigenvalue weighted by Crippen LogP contribution is 2.21. The van der Waals surface area contributed by atoms with Crippen LogP contribution < -0.4 is 5.32 Å². The van der Waals surface area contributed by atoms with Gasteiger partial charge in [0.2, 0.25) is 0 Å². The molecule has 1 aliphatic rings. The molecule has 24 heavy (non-hydrogen) atoms. The van der Waals surface area contributed by atoms with Crippen molar-refractivity contribution >= 4 is 17.8 Å². The van der Waals surface area contributed by atoms with E-state index >= 15 is 0 Å². The second kappa shape index (κ2) is 8.95. The number of nitriles is 1. The van der Waals surface area contributed by atoms with Crippen LogP contribution in [0.15, 0.2) is 24.3 Å². The van der Waals surface area contributed by atoms with E-state index in [1.165, 1.54) is 0 Å². The van der Waals surface area contributed by atoms with Gasteiger partial charge in [0.1, 0.15) is 0 Å². The Kier molecular flexibility index (Phi) is 6.95. The molecule has 2 N–H and O–H groups in total. The van der Waals surface area contributed by atoms with E-state index in [0.717, 1.165) is 29.9 Å². The maximum Gasteiger partial charge on any atom is 0.317 e. The summed E-state index contributed by atoms with van der Waals surface area (Å²) in [7, 11) is 0. The monoisotopic (exact) mass is 347 g/mol. The topological polar surface area (TPSA) is 76.4 Å². The molecule has 130 valence electrons. The van der Waals surface area contributed by atoms with Crippen molar-refractivity contribution in [2.45, 2.75) is 37.5 Å². The Labute approximate surface area is 148 Å². The van der Waals surface area contributed by atoms with Crippen molar-refractivity contribution in [2.24, 2.45) is 0 Å². The van der Waals surface area contributed by atoms with E-state index in [2.05, 4.69) is 11.4 Å². The molecule has 0 saturated carbocycles. The van der Waals surface area contributed by atoms with Gasteiger partial charge in [0.25, 0.3) is 0 Å². The minimum atomic E-state index is -0.654. The molecule has 0 spiro atoms. The number of nitrogens with zero attached hydrogens (tertiary/aromatic N) is 2. The normalized spacial score (nSPS) is 21.0. The van der Waals surface area contributed by atoms with Crippen molar-refractivity contribution in [1.29, 1.82) is 5.26 Å². The Hall–Kier alpha value is -1.71. The van der Waals surface area contributed by atoms with Gasteiger partial charge in [-0.15, -0.1) is 0 Å². The summed E-state index contributed by atoms with van der Waals surface area (Å²) in [5.74, 6) is 1.57. The fraction of sp³-hybridized carbons (Fsp3) is 0.556. The zero-order chi connectivity index (χ0) is 17.4. The Bertz CT molecular complexity index is 598. The molecule has 1 aliphatic heterocycles. The van der Waals surface area contributed by atoms with Gasteiger partial charge >= 0.3 is 6.03 Å². The van der Waals surface area contributed by atoms with E-state index in [-0.39, 0.29) is 6.03 Å². The number of hydrogen-bond donors (Lipinski definition) is 2. The summed E-state index contributed by atoms with van der Waals surface area (Å²) in [4.78, 5) is 14.0. The first-order valence-corrected chi connectivity index (χ1v) is 9.48. The molecule has 1 saturated heterocycles. The van der Waals surface area contributed by atoms with Crippen LogP contribution in [0.3, 0.4) is 0 Å². The van der Waals surface area contributed by atoms with Gasteiger partial charge in [-0.2, -0.15) is 17.0 Å². The molecule has 0 aromatic heterocycles. The Morgan fingerprint density at radius 3 is 3.00 bits per heavy atom. The third kappa shape index (κ3) is 5.73. The van der Waals surface area contributed by atoms with Crippen molar-refractivity contribution in [3.8, 4) is 6.07 Å². The van der Waals surface area contributed by atoms with Gasteiger partial charge in [-0.3, -0.25) is 0 Å². The van der Waals surface area contributed by atoms with Gasteiger partial charge in [-0.25, -0.2) is 4.79 Å². The minimum Gasteiger partial charge on any atom is -0.390 e. The van der Waals surface area contributed by atoms with Crippen molar-refractivity contribution in [3.05, 3.63) is 35.4 Å². The van der Waals surface area contributed by atoms with E-state index in [1.807, 2.05) is 31.2 Å². The lowest BCUT2D eigenvalue weighted by atomic mass is 9.98. The number of urea groups is 1. The molecule has 1 aromatic carbocycles. The molecule has 2 rings (SSSR count). The van der Waals surface area contributed by atoms with Crippen LogP contribution in [-0.2, 0) is 5.75 Å². The van der Waals surface area contributed by atoms with E-state index in [4.69, 9.17) is 5.26 Å². The van der Waals surface area contributed by atoms with Crippen molar-refractivity contribution in [1.82, 2.24) is 10.2 Å². The fourth-order valence-corrected chi connectivity index (χ4v) is 3.61. The van der Waals surface area contributed by atoms with Gasteiger partial charge in [0.15, 0.2) is 0 Å². The highest BCUT2D eigenvalue weighted by atomic mass is 32.2. The van der Waals surface area contributed by atoms with Crippen LogP contribution in [0.4, 0.5) is 4.79 Å². The van der Waals surface area contributed by atoms with Crippen LogP contribution >= 0.6 is 11.8 Å². The van der Waals surface area contributed by atoms with Gasteiger partial charge in [-0.1, -0.05) is 18.2 Å². The Balaban J connectivity index is 1.67. The van der Waals surface area contributed by atoms with Crippen LogP contribution in [0.2, 0.25) is 0 Å². The van der Waals surface area contributed by atoms with Crippen LogP contribution in [0, 0.1) is 11.3 Å². The number of nitrogens with one attached hydrogen (secondary N) is 1. The maximum atomic E-state index is 12.2. The van der Waals surface area contributed by atoms with E-state index < -0.39 is 5.60 Å². The largest absolute Gasteiger partial charge is 0.390 e. The van der Waals surface area contributed by atoms with Crippen LogP contribution in [0.25, 0.3) is 0 Å². The lowest BCUT2D eigenvalue weighted by Crippen LogP contribution is -2.41. The summed E-state index contributed by atoms with van der Waals surface area (Å²) in [6.45, 7) is 3.74. The highest BCUT2D eigenvalue weighted by molar-refractivity contribution is 7.98. The summed E-state index contributed by atoms with van der Waals surface area (Å²) < 4.78 is 0. The number of aliphatic hydroxyl groups is 1. The van der Waals surface area contributed by atoms with Gasteiger partial charge in [0, 0.05) is 31.1 Å². The van der Waals surface area contributed by atoms with E-state index in [0.29, 0.717) is 31.6 Å². The number of carbonyl (C=O) groups excluding carboxylic acids is 1. The quantitative estimate of drug-likeness (QED) is 0.803. The summed E-state index contributed by atoms with van der Waals surface area (Å²) in [5, 5.41) is 22.1. The summed E-state index contributed by atoms with van der Waals surface area (Å²) >= 11 is 1.70. The first-order chi connectivity index (χ1) is 11.5. The number of likely N-dealkylation sites (tertiary alicyclic amines) is 1. The molecule has 2 amide bonds. The first-order valence-electron chi connectivity index (χ1n) is 8.33. The molecule has 1 unspecified atom stereocenters. The van der Waals surface area contributed by atoms with Gasteiger partial charge in [-0.05, 0) is 37.8 Å². The number of rotatable bonds is 5. The number of benzene rings is 1. The predicted molar refractivity (Wildman–Crippen MR) is 96.8 cm³/mol. The Morgan fingerprint density at radius 2 is 2.21 bits per heavy atom. The molecule has 5 nitrogen and oxygen atoms in total. The molecule has 0 radical (unpaired) electrons. The van der Waals surface area contributed by atoms with Gasteiger partial charge < -0.3 is 15.3 Å². The summed E-state index contributed by atoms with van der Waals surface area (Å²) in [6.07, 6.45) is 2.20.